The van der Waals surface area contributed by atoms with Gasteiger partial charge in [0.1, 0.15) is 6.33 Å². The van der Waals surface area contributed by atoms with Crippen LogP contribution in [0.4, 0.5) is 28.7 Å². The van der Waals surface area contributed by atoms with E-state index in [4.69, 9.17) is 0 Å². The maximum atomic E-state index is 11.7. The Morgan fingerprint density at radius 3 is 2.54 bits per heavy atom. The minimum atomic E-state index is -0.528. The molecule has 0 atom stereocenters. The molecule has 1 fully saturated rings. The van der Waals surface area contributed by atoms with Gasteiger partial charge in [-0.15, -0.1) is 0 Å². The first kappa shape index (κ1) is 17.5. The molecule has 1 aliphatic heterocycles. The first-order valence-corrected chi connectivity index (χ1v) is 8.21. The van der Waals surface area contributed by atoms with E-state index < -0.39 is 9.85 Å². The summed E-state index contributed by atoms with van der Waals surface area (Å²) in [7, 11) is 0. The minimum Gasteiger partial charge on any atom is -0.351 e. The number of hydrogen-bond donors (Lipinski definition) is 1. The normalized spacial score (nSPS) is 14.9. The van der Waals surface area contributed by atoms with Gasteiger partial charge in [-0.3, -0.25) is 20.2 Å². The fourth-order valence-corrected chi connectivity index (χ4v) is 2.91. The lowest BCUT2D eigenvalue weighted by molar-refractivity contribution is -0.384. The third kappa shape index (κ3) is 3.68. The van der Waals surface area contributed by atoms with Crippen LogP contribution in [-0.2, 0) is 0 Å². The number of anilines is 3. The average molecular weight is 358 g/mol. The van der Waals surface area contributed by atoms with Gasteiger partial charge in [0.2, 0.25) is 11.6 Å². The topological polar surface area (TPSA) is 127 Å². The Morgan fingerprint density at radius 2 is 1.88 bits per heavy atom. The summed E-state index contributed by atoms with van der Waals surface area (Å²) in [6, 6.07) is 5.73. The molecule has 1 aliphatic rings. The van der Waals surface area contributed by atoms with Crippen LogP contribution < -0.4 is 10.2 Å². The number of nitro groups is 2. The van der Waals surface area contributed by atoms with Crippen molar-refractivity contribution in [1.82, 2.24) is 9.97 Å². The number of nitrogens with one attached hydrogen (secondary N) is 1. The number of hydrogen-bond acceptors (Lipinski definition) is 8. The Hall–Kier alpha value is -3.30. The summed E-state index contributed by atoms with van der Waals surface area (Å²) in [5, 5.41) is 25.4. The number of nitro benzene ring substituents is 1. The number of piperidine rings is 1. The first-order valence-electron chi connectivity index (χ1n) is 8.21. The van der Waals surface area contributed by atoms with Crippen LogP contribution in [0, 0.1) is 26.1 Å². The van der Waals surface area contributed by atoms with Crippen molar-refractivity contribution in [2.45, 2.75) is 19.8 Å². The molecule has 0 aliphatic carbocycles. The molecule has 1 aromatic heterocycles. The van der Waals surface area contributed by atoms with Crippen molar-refractivity contribution in [2.24, 2.45) is 5.92 Å². The van der Waals surface area contributed by atoms with E-state index in [2.05, 4.69) is 22.2 Å². The first-order chi connectivity index (χ1) is 12.5. The van der Waals surface area contributed by atoms with Crippen molar-refractivity contribution in [3.63, 3.8) is 0 Å². The monoisotopic (exact) mass is 358 g/mol. The Kier molecular flexibility index (Phi) is 4.92. The molecule has 0 saturated carbocycles. The summed E-state index contributed by atoms with van der Waals surface area (Å²) < 4.78 is 0. The van der Waals surface area contributed by atoms with Crippen molar-refractivity contribution in [3.05, 3.63) is 50.8 Å². The lowest BCUT2D eigenvalue weighted by Crippen LogP contribution is -2.34. The second-order valence-corrected chi connectivity index (χ2v) is 6.25. The van der Waals surface area contributed by atoms with E-state index in [0.717, 1.165) is 12.8 Å². The summed E-state index contributed by atoms with van der Waals surface area (Å²) >= 11 is 0. The molecule has 2 aromatic rings. The van der Waals surface area contributed by atoms with Crippen LogP contribution in [0.1, 0.15) is 19.8 Å². The van der Waals surface area contributed by atoms with E-state index in [9.17, 15) is 20.2 Å². The highest BCUT2D eigenvalue weighted by Crippen LogP contribution is 2.35. The molecule has 136 valence electrons. The highest BCUT2D eigenvalue weighted by atomic mass is 16.6. The Morgan fingerprint density at radius 1 is 1.15 bits per heavy atom. The van der Waals surface area contributed by atoms with Crippen LogP contribution in [0.25, 0.3) is 0 Å². The molecule has 1 N–H and O–H groups in total. The molecule has 10 nitrogen and oxygen atoms in total. The Bertz CT molecular complexity index is 835. The van der Waals surface area contributed by atoms with E-state index >= 15 is 0 Å². The maximum absolute atomic E-state index is 11.7. The van der Waals surface area contributed by atoms with E-state index in [1.807, 2.05) is 4.90 Å². The molecular formula is C16H18N6O4. The van der Waals surface area contributed by atoms with Gasteiger partial charge in [0.15, 0.2) is 0 Å². The predicted molar refractivity (Wildman–Crippen MR) is 95.7 cm³/mol. The lowest BCUT2D eigenvalue weighted by Gasteiger charge is -2.30. The maximum Gasteiger partial charge on any atom is 0.353 e. The molecule has 26 heavy (non-hydrogen) atoms. The standard InChI is InChI=1S/C16H18N6O4/c1-11-5-7-20(8-6-11)16-14(22(25)26)15(17-10-18-16)19-12-3-2-4-13(9-12)21(23)24/h2-4,9-11H,5-8H2,1H3,(H,17,18,19). The highest BCUT2D eigenvalue weighted by Gasteiger charge is 2.29. The van der Waals surface area contributed by atoms with E-state index in [1.54, 1.807) is 6.07 Å². The zero-order chi connectivity index (χ0) is 18.7. The third-order valence-corrected chi connectivity index (χ3v) is 4.39. The van der Waals surface area contributed by atoms with Gasteiger partial charge in [-0.2, -0.15) is 0 Å². The van der Waals surface area contributed by atoms with Crippen LogP contribution in [0.15, 0.2) is 30.6 Å². The third-order valence-electron chi connectivity index (χ3n) is 4.39. The van der Waals surface area contributed by atoms with Gasteiger partial charge in [0.05, 0.1) is 9.85 Å². The molecule has 10 heteroatoms. The van der Waals surface area contributed by atoms with Crippen LogP contribution in [0.3, 0.4) is 0 Å². The number of nitrogens with zero attached hydrogens (tertiary/aromatic N) is 5. The molecule has 0 bridgehead atoms. The second kappa shape index (κ2) is 7.30. The number of rotatable bonds is 5. The lowest BCUT2D eigenvalue weighted by atomic mass is 9.99. The Labute approximate surface area is 149 Å². The van der Waals surface area contributed by atoms with E-state index in [1.165, 1.54) is 24.5 Å². The summed E-state index contributed by atoms with van der Waals surface area (Å²) in [6.07, 6.45) is 3.14. The average Bonchev–Trinajstić information content (AvgIpc) is 2.62. The molecule has 0 amide bonds. The summed E-state index contributed by atoms with van der Waals surface area (Å²) in [5.74, 6) is 0.860. The largest absolute Gasteiger partial charge is 0.353 e. The van der Waals surface area contributed by atoms with Crippen molar-refractivity contribution in [2.75, 3.05) is 23.3 Å². The van der Waals surface area contributed by atoms with E-state index in [-0.39, 0.29) is 23.0 Å². The molecule has 2 heterocycles. The fourth-order valence-electron chi connectivity index (χ4n) is 2.91. The smallest absolute Gasteiger partial charge is 0.351 e. The molecule has 0 unspecified atom stereocenters. The molecule has 0 radical (unpaired) electrons. The molecule has 1 saturated heterocycles. The number of non-ortho nitro benzene ring substituents is 1. The molecular weight excluding hydrogens is 340 g/mol. The fraction of sp³-hybridized carbons (Fsp3) is 0.375. The van der Waals surface area contributed by atoms with Crippen molar-refractivity contribution >= 4 is 28.7 Å². The van der Waals surface area contributed by atoms with Crippen molar-refractivity contribution in [1.29, 1.82) is 0 Å². The van der Waals surface area contributed by atoms with Gasteiger partial charge in [0.25, 0.3) is 5.69 Å². The second-order valence-electron chi connectivity index (χ2n) is 6.25. The number of aromatic nitrogens is 2. The molecule has 0 spiro atoms. The predicted octanol–water partition coefficient (Wildman–Crippen LogP) is 3.27. The van der Waals surface area contributed by atoms with Gasteiger partial charge < -0.3 is 10.2 Å². The van der Waals surface area contributed by atoms with Gasteiger partial charge in [-0.1, -0.05) is 13.0 Å². The van der Waals surface area contributed by atoms with Crippen LogP contribution >= 0.6 is 0 Å². The summed E-state index contributed by atoms with van der Waals surface area (Å²) in [5.41, 5.74) is 0.00438. The van der Waals surface area contributed by atoms with Gasteiger partial charge in [0, 0.05) is 30.9 Å². The summed E-state index contributed by atoms with van der Waals surface area (Å²) in [6.45, 7) is 3.53. The zero-order valence-electron chi connectivity index (χ0n) is 14.2. The molecule has 3 rings (SSSR count). The van der Waals surface area contributed by atoms with Crippen LogP contribution in [0.5, 0.6) is 0 Å². The van der Waals surface area contributed by atoms with Crippen LogP contribution in [0.2, 0.25) is 0 Å². The van der Waals surface area contributed by atoms with Gasteiger partial charge in [-0.05, 0) is 24.8 Å². The SMILES string of the molecule is CC1CCN(c2ncnc(Nc3cccc([N+](=O)[O-])c3)c2[N+](=O)[O-])CC1. The highest BCUT2D eigenvalue weighted by molar-refractivity contribution is 5.75. The minimum absolute atomic E-state index is 0.0131. The molecule has 1 aromatic carbocycles. The van der Waals surface area contributed by atoms with E-state index in [0.29, 0.717) is 24.7 Å². The van der Waals surface area contributed by atoms with Gasteiger partial charge >= 0.3 is 5.69 Å². The van der Waals surface area contributed by atoms with Crippen molar-refractivity contribution < 1.29 is 9.85 Å². The Balaban J connectivity index is 1.94. The quantitative estimate of drug-likeness (QED) is 0.637. The summed E-state index contributed by atoms with van der Waals surface area (Å²) in [4.78, 5) is 31.5. The van der Waals surface area contributed by atoms with Crippen LogP contribution in [-0.4, -0.2) is 32.9 Å². The van der Waals surface area contributed by atoms with Gasteiger partial charge in [-0.25, -0.2) is 9.97 Å². The number of benzene rings is 1. The zero-order valence-corrected chi connectivity index (χ0v) is 14.2. The van der Waals surface area contributed by atoms with Crippen molar-refractivity contribution in [3.8, 4) is 0 Å².